The van der Waals surface area contributed by atoms with Gasteiger partial charge in [0.05, 0.1) is 17.7 Å². The Labute approximate surface area is 156 Å². The van der Waals surface area contributed by atoms with Gasteiger partial charge >= 0.3 is 5.97 Å². The van der Waals surface area contributed by atoms with Crippen molar-refractivity contribution in [3.05, 3.63) is 33.9 Å². The lowest BCUT2D eigenvalue weighted by Crippen LogP contribution is -2.33. The summed E-state index contributed by atoms with van der Waals surface area (Å²) in [6.45, 7) is 6.16. The highest BCUT2D eigenvalue weighted by atomic mass is 16.6. The van der Waals surface area contributed by atoms with Crippen molar-refractivity contribution in [2.24, 2.45) is 5.92 Å². The summed E-state index contributed by atoms with van der Waals surface area (Å²) < 4.78 is 6.74. The van der Waals surface area contributed by atoms with E-state index in [1.807, 2.05) is 19.9 Å². The van der Waals surface area contributed by atoms with Gasteiger partial charge in [0.1, 0.15) is 5.60 Å². The zero-order valence-corrected chi connectivity index (χ0v) is 15.8. The largest absolute Gasteiger partial charge is 0.459 e. The van der Waals surface area contributed by atoms with Crippen LogP contribution < -0.4 is 5.56 Å². The van der Waals surface area contributed by atoms with Crippen LogP contribution in [0.15, 0.2) is 16.9 Å². The standard InChI is InChI=1S/C19H24N4O4/c1-11-7-17(25)23-15(20-11)9-13(21-23)14-5-4-6-22(14)16(24)8-12-10-19(2,3)27-18(12)26/h7,9,12,14,21H,4-6,8,10H2,1-3H3/t12-,14-/m0/s1. The Kier molecular flexibility index (Phi) is 4.09. The van der Waals surface area contributed by atoms with Gasteiger partial charge in [0.25, 0.3) is 5.56 Å². The Morgan fingerprint density at radius 2 is 2.15 bits per heavy atom. The Bertz CT molecular complexity index is 974. The zero-order chi connectivity index (χ0) is 19.3. The normalized spacial score (nSPS) is 24.6. The quantitative estimate of drug-likeness (QED) is 0.828. The fourth-order valence-electron chi connectivity index (χ4n) is 4.25. The molecule has 2 aliphatic rings. The number of nitrogens with one attached hydrogen (secondary N) is 1. The lowest BCUT2D eigenvalue weighted by atomic mass is 9.94. The third kappa shape index (κ3) is 3.24. The van der Waals surface area contributed by atoms with Crippen molar-refractivity contribution in [3.8, 4) is 0 Å². The molecule has 8 nitrogen and oxygen atoms in total. The highest BCUT2D eigenvalue weighted by molar-refractivity contribution is 5.84. The number of carbonyl (C=O) groups excluding carboxylic acids is 2. The molecule has 1 N–H and O–H groups in total. The number of carbonyl (C=O) groups is 2. The number of H-pyrrole nitrogens is 1. The molecule has 2 aromatic heterocycles. The number of aromatic nitrogens is 3. The van der Waals surface area contributed by atoms with E-state index in [9.17, 15) is 14.4 Å². The molecule has 2 aromatic rings. The molecule has 0 aliphatic carbocycles. The molecule has 2 aliphatic heterocycles. The molecule has 4 rings (SSSR count). The molecule has 2 saturated heterocycles. The van der Waals surface area contributed by atoms with E-state index in [4.69, 9.17) is 4.74 Å². The minimum atomic E-state index is -0.506. The molecule has 0 unspecified atom stereocenters. The van der Waals surface area contributed by atoms with Crippen LogP contribution in [0, 0.1) is 12.8 Å². The summed E-state index contributed by atoms with van der Waals surface area (Å²) in [6, 6.07) is 3.17. The van der Waals surface area contributed by atoms with Crippen molar-refractivity contribution in [1.82, 2.24) is 19.5 Å². The van der Waals surface area contributed by atoms with E-state index >= 15 is 0 Å². The van der Waals surface area contributed by atoms with E-state index in [0.717, 1.165) is 18.5 Å². The van der Waals surface area contributed by atoms with Gasteiger partial charge in [-0.15, -0.1) is 0 Å². The van der Waals surface area contributed by atoms with Crippen LogP contribution in [0.4, 0.5) is 0 Å². The van der Waals surface area contributed by atoms with E-state index < -0.39 is 5.60 Å². The smallest absolute Gasteiger partial charge is 0.310 e. The third-order valence-corrected chi connectivity index (χ3v) is 5.40. The summed E-state index contributed by atoms with van der Waals surface area (Å²) >= 11 is 0. The number of likely N-dealkylation sites (tertiary alicyclic amines) is 1. The molecule has 0 aromatic carbocycles. The summed E-state index contributed by atoms with van der Waals surface area (Å²) in [6.07, 6.45) is 2.41. The van der Waals surface area contributed by atoms with Crippen LogP contribution in [0.2, 0.25) is 0 Å². The molecule has 2 fully saturated rings. The summed E-state index contributed by atoms with van der Waals surface area (Å²) in [5, 5.41) is 3.09. The molecule has 1 amide bonds. The first kappa shape index (κ1) is 17.8. The average Bonchev–Trinajstić information content (AvgIpc) is 3.24. The van der Waals surface area contributed by atoms with Crippen LogP contribution >= 0.6 is 0 Å². The summed E-state index contributed by atoms with van der Waals surface area (Å²) in [5.74, 6) is -0.725. The first-order valence-corrected chi connectivity index (χ1v) is 9.35. The minimum absolute atomic E-state index is 0.0488. The van der Waals surface area contributed by atoms with Crippen molar-refractivity contribution in [2.45, 2.75) is 58.1 Å². The fraction of sp³-hybridized carbons (Fsp3) is 0.579. The molecular formula is C19H24N4O4. The van der Waals surface area contributed by atoms with E-state index in [1.165, 1.54) is 10.6 Å². The van der Waals surface area contributed by atoms with Crippen LogP contribution in [0.3, 0.4) is 0 Å². The van der Waals surface area contributed by atoms with E-state index in [-0.39, 0.29) is 35.8 Å². The highest BCUT2D eigenvalue weighted by Gasteiger charge is 2.42. The van der Waals surface area contributed by atoms with Gasteiger partial charge in [-0.2, -0.15) is 0 Å². The SMILES string of the molecule is Cc1cc(=O)n2[nH]c([C@@H]3CCCN3C(=O)C[C@H]3CC(C)(C)OC3=O)cc2n1. The topological polar surface area (TPSA) is 96.8 Å². The number of ether oxygens (including phenoxy) is 1. The van der Waals surface area contributed by atoms with E-state index in [0.29, 0.717) is 24.3 Å². The van der Waals surface area contributed by atoms with Crippen molar-refractivity contribution in [1.29, 1.82) is 0 Å². The highest BCUT2D eigenvalue weighted by Crippen LogP contribution is 2.36. The molecule has 0 spiro atoms. The number of hydrogen-bond acceptors (Lipinski definition) is 5. The van der Waals surface area contributed by atoms with Gasteiger partial charge in [-0.25, -0.2) is 9.50 Å². The van der Waals surface area contributed by atoms with E-state index in [1.54, 1.807) is 11.8 Å². The Balaban J connectivity index is 1.56. The second-order valence-corrected chi connectivity index (χ2v) is 8.17. The number of rotatable bonds is 3. The molecular weight excluding hydrogens is 348 g/mol. The van der Waals surface area contributed by atoms with Crippen molar-refractivity contribution in [3.63, 3.8) is 0 Å². The van der Waals surface area contributed by atoms with Gasteiger partial charge in [-0.05, 0) is 33.6 Å². The summed E-state index contributed by atoms with van der Waals surface area (Å²) in [4.78, 5) is 43.2. The predicted molar refractivity (Wildman–Crippen MR) is 97.1 cm³/mol. The van der Waals surface area contributed by atoms with Crippen LogP contribution in [0.25, 0.3) is 5.65 Å². The number of aromatic amines is 1. The maximum atomic E-state index is 12.9. The number of amides is 1. The molecule has 144 valence electrons. The van der Waals surface area contributed by atoms with Gasteiger partial charge < -0.3 is 9.64 Å². The first-order chi connectivity index (χ1) is 12.7. The third-order valence-electron chi connectivity index (χ3n) is 5.40. The maximum Gasteiger partial charge on any atom is 0.310 e. The second kappa shape index (κ2) is 6.21. The number of aryl methyl sites for hydroxylation is 1. The molecule has 8 heteroatoms. The lowest BCUT2D eigenvalue weighted by molar-refractivity contribution is -0.150. The fourth-order valence-corrected chi connectivity index (χ4v) is 4.25. The van der Waals surface area contributed by atoms with Gasteiger partial charge in [0, 0.05) is 37.2 Å². The summed E-state index contributed by atoms with van der Waals surface area (Å²) in [7, 11) is 0. The lowest BCUT2D eigenvalue weighted by Gasteiger charge is -2.24. The van der Waals surface area contributed by atoms with Crippen LogP contribution in [0.5, 0.6) is 0 Å². The molecule has 27 heavy (non-hydrogen) atoms. The van der Waals surface area contributed by atoms with Crippen LogP contribution in [0.1, 0.15) is 57.0 Å². The van der Waals surface area contributed by atoms with Gasteiger partial charge in [0.2, 0.25) is 5.91 Å². The summed E-state index contributed by atoms with van der Waals surface area (Å²) in [5.41, 5.74) is 1.33. The molecule has 2 atom stereocenters. The van der Waals surface area contributed by atoms with Crippen molar-refractivity contribution in [2.75, 3.05) is 6.54 Å². The zero-order valence-electron chi connectivity index (χ0n) is 15.8. The second-order valence-electron chi connectivity index (χ2n) is 8.17. The number of hydrogen-bond donors (Lipinski definition) is 1. The predicted octanol–water partition coefficient (Wildman–Crippen LogP) is 1.73. The van der Waals surface area contributed by atoms with Crippen LogP contribution in [-0.4, -0.2) is 43.5 Å². The molecule has 0 bridgehead atoms. The molecule has 4 heterocycles. The van der Waals surface area contributed by atoms with Crippen molar-refractivity contribution >= 4 is 17.5 Å². The minimum Gasteiger partial charge on any atom is -0.459 e. The van der Waals surface area contributed by atoms with Gasteiger partial charge in [-0.1, -0.05) is 0 Å². The monoisotopic (exact) mass is 372 g/mol. The Morgan fingerprint density at radius 3 is 2.85 bits per heavy atom. The molecule has 0 radical (unpaired) electrons. The number of esters is 1. The van der Waals surface area contributed by atoms with Crippen LogP contribution in [-0.2, 0) is 14.3 Å². The maximum absolute atomic E-state index is 12.9. The van der Waals surface area contributed by atoms with Crippen molar-refractivity contribution < 1.29 is 14.3 Å². The van der Waals surface area contributed by atoms with E-state index in [2.05, 4.69) is 10.1 Å². The Morgan fingerprint density at radius 1 is 1.37 bits per heavy atom. The number of cyclic esters (lactones) is 1. The molecule has 0 saturated carbocycles. The Hall–Kier alpha value is -2.64. The average molecular weight is 372 g/mol. The number of nitrogens with zero attached hydrogens (tertiary/aromatic N) is 3. The van der Waals surface area contributed by atoms with Gasteiger partial charge in [-0.3, -0.25) is 19.5 Å². The van der Waals surface area contributed by atoms with Gasteiger partial charge in [0.15, 0.2) is 5.65 Å². The first-order valence-electron chi connectivity index (χ1n) is 9.35. The number of fused-ring (bicyclic) bond motifs is 1.